The number of rotatable bonds is 7. The summed E-state index contributed by atoms with van der Waals surface area (Å²) in [5.74, 6) is 2.54. The van der Waals surface area contributed by atoms with Crippen LogP contribution in [0.25, 0.3) is 0 Å². The third-order valence-electron chi connectivity index (χ3n) is 5.29. The van der Waals surface area contributed by atoms with E-state index in [1.54, 1.807) is 7.11 Å². The van der Waals surface area contributed by atoms with Crippen molar-refractivity contribution in [2.24, 2.45) is 5.92 Å². The third-order valence-corrected chi connectivity index (χ3v) is 5.29. The summed E-state index contributed by atoms with van der Waals surface area (Å²) in [4.78, 5) is 5.20. The standard InChI is InChI=1S/C21H32N2O2/c1-3-25-21-15-19(9-10-20(21)24-2)17-23-13-11-22(12-14-23)16-18-7-5-4-6-8-18/h4-5,9-10,15,18H,3,6-8,11-14,16-17H2,1-2H3/t18-/m1/s1. The van der Waals surface area contributed by atoms with Crippen LogP contribution in [0, 0.1) is 5.92 Å². The maximum absolute atomic E-state index is 5.70. The minimum Gasteiger partial charge on any atom is -0.493 e. The predicted molar refractivity (Wildman–Crippen MR) is 102 cm³/mol. The molecule has 0 radical (unpaired) electrons. The van der Waals surface area contributed by atoms with Crippen LogP contribution < -0.4 is 9.47 Å². The Hall–Kier alpha value is -1.52. The Balaban J connectivity index is 1.48. The van der Waals surface area contributed by atoms with Gasteiger partial charge in [-0.05, 0) is 49.8 Å². The second-order valence-corrected chi connectivity index (χ2v) is 7.15. The molecular formula is C21H32N2O2. The number of allylic oxidation sites excluding steroid dienone is 2. The average molecular weight is 344 g/mol. The van der Waals surface area contributed by atoms with E-state index in [9.17, 15) is 0 Å². The molecule has 0 amide bonds. The largest absolute Gasteiger partial charge is 0.493 e. The number of hydrogen-bond donors (Lipinski definition) is 0. The second-order valence-electron chi connectivity index (χ2n) is 7.15. The van der Waals surface area contributed by atoms with Gasteiger partial charge in [0.25, 0.3) is 0 Å². The van der Waals surface area contributed by atoms with Crippen molar-refractivity contribution in [3.8, 4) is 11.5 Å². The summed E-state index contributed by atoms with van der Waals surface area (Å²) in [5, 5.41) is 0. The van der Waals surface area contributed by atoms with Gasteiger partial charge in [0.2, 0.25) is 0 Å². The van der Waals surface area contributed by atoms with Crippen molar-refractivity contribution in [2.75, 3.05) is 46.4 Å². The van der Waals surface area contributed by atoms with E-state index in [1.165, 1.54) is 44.5 Å². The fraction of sp³-hybridized carbons (Fsp3) is 0.619. The van der Waals surface area contributed by atoms with Crippen molar-refractivity contribution >= 4 is 0 Å². The molecule has 138 valence electrons. The van der Waals surface area contributed by atoms with Crippen molar-refractivity contribution in [1.82, 2.24) is 9.80 Å². The van der Waals surface area contributed by atoms with Gasteiger partial charge in [0.1, 0.15) is 0 Å². The fourth-order valence-electron chi connectivity index (χ4n) is 3.86. The van der Waals surface area contributed by atoms with Crippen LogP contribution in [0.15, 0.2) is 30.4 Å². The van der Waals surface area contributed by atoms with E-state index < -0.39 is 0 Å². The van der Waals surface area contributed by atoms with Gasteiger partial charge in [0.05, 0.1) is 13.7 Å². The van der Waals surface area contributed by atoms with E-state index in [1.807, 2.05) is 13.0 Å². The summed E-state index contributed by atoms with van der Waals surface area (Å²) < 4.78 is 11.1. The number of hydrogen-bond acceptors (Lipinski definition) is 4. The van der Waals surface area contributed by atoms with Crippen LogP contribution in [-0.2, 0) is 6.54 Å². The predicted octanol–water partition coefficient (Wildman–Crippen LogP) is 3.57. The van der Waals surface area contributed by atoms with Gasteiger partial charge in [-0.1, -0.05) is 18.2 Å². The summed E-state index contributed by atoms with van der Waals surface area (Å²) in [6.45, 7) is 9.61. The highest BCUT2D eigenvalue weighted by Gasteiger charge is 2.20. The molecule has 0 saturated carbocycles. The molecule has 1 atom stereocenters. The maximum atomic E-state index is 5.70. The zero-order valence-electron chi connectivity index (χ0n) is 15.7. The van der Waals surface area contributed by atoms with Crippen molar-refractivity contribution in [3.63, 3.8) is 0 Å². The van der Waals surface area contributed by atoms with Crippen LogP contribution in [0.2, 0.25) is 0 Å². The minimum absolute atomic E-state index is 0.662. The molecule has 3 rings (SSSR count). The summed E-state index contributed by atoms with van der Waals surface area (Å²) in [7, 11) is 1.69. The van der Waals surface area contributed by atoms with Gasteiger partial charge in [-0.25, -0.2) is 0 Å². The first-order valence-electron chi connectivity index (χ1n) is 9.68. The summed E-state index contributed by atoms with van der Waals surface area (Å²) in [6, 6.07) is 6.30. The minimum atomic E-state index is 0.662. The first-order chi connectivity index (χ1) is 12.3. The molecule has 1 heterocycles. The average Bonchev–Trinajstić information content (AvgIpc) is 2.65. The van der Waals surface area contributed by atoms with E-state index in [2.05, 4.69) is 34.1 Å². The Morgan fingerprint density at radius 3 is 2.52 bits per heavy atom. The van der Waals surface area contributed by atoms with Crippen LogP contribution >= 0.6 is 0 Å². The number of methoxy groups -OCH3 is 1. The monoisotopic (exact) mass is 344 g/mol. The normalized spacial score (nSPS) is 22.1. The molecule has 4 nitrogen and oxygen atoms in total. The maximum Gasteiger partial charge on any atom is 0.161 e. The Kier molecular flexibility index (Phi) is 6.76. The van der Waals surface area contributed by atoms with Gasteiger partial charge in [0, 0.05) is 39.3 Å². The quantitative estimate of drug-likeness (QED) is 0.706. The van der Waals surface area contributed by atoms with E-state index in [-0.39, 0.29) is 0 Å². The number of nitrogens with zero attached hydrogens (tertiary/aromatic N) is 2. The lowest BCUT2D eigenvalue weighted by atomic mass is 9.94. The van der Waals surface area contributed by atoms with Crippen molar-refractivity contribution in [1.29, 1.82) is 0 Å². The Morgan fingerprint density at radius 1 is 1.04 bits per heavy atom. The molecule has 0 N–H and O–H groups in total. The molecule has 0 unspecified atom stereocenters. The van der Waals surface area contributed by atoms with Crippen LogP contribution in [0.5, 0.6) is 11.5 Å². The lowest BCUT2D eigenvalue weighted by Crippen LogP contribution is -2.47. The van der Waals surface area contributed by atoms with Gasteiger partial charge in [-0.3, -0.25) is 4.90 Å². The summed E-state index contributed by atoms with van der Waals surface area (Å²) >= 11 is 0. The molecule has 1 aromatic carbocycles. The molecule has 1 saturated heterocycles. The van der Waals surface area contributed by atoms with Gasteiger partial charge in [-0.2, -0.15) is 0 Å². The van der Waals surface area contributed by atoms with Crippen LogP contribution in [0.4, 0.5) is 0 Å². The van der Waals surface area contributed by atoms with Gasteiger partial charge >= 0.3 is 0 Å². The van der Waals surface area contributed by atoms with Gasteiger partial charge in [-0.15, -0.1) is 0 Å². The van der Waals surface area contributed by atoms with E-state index >= 15 is 0 Å². The highest BCUT2D eigenvalue weighted by molar-refractivity contribution is 5.42. The molecule has 1 aliphatic heterocycles. The number of piperazine rings is 1. The van der Waals surface area contributed by atoms with Crippen LogP contribution in [0.3, 0.4) is 0 Å². The summed E-state index contributed by atoms with van der Waals surface area (Å²) in [6.07, 6.45) is 8.60. The molecule has 0 bridgehead atoms. The Labute approximate surface area is 152 Å². The molecule has 1 aromatic rings. The first kappa shape index (κ1) is 18.3. The highest BCUT2D eigenvalue weighted by Crippen LogP contribution is 2.28. The van der Waals surface area contributed by atoms with E-state index in [4.69, 9.17) is 9.47 Å². The van der Waals surface area contributed by atoms with Crippen molar-refractivity contribution in [2.45, 2.75) is 32.7 Å². The summed E-state index contributed by atoms with van der Waals surface area (Å²) in [5.41, 5.74) is 1.30. The van der Waals surface area contributed by atoms with Gasteiger partial charge in [0.15, 0.2) is 11.5 Å². The molecule has 1 aliphatic carbocycles. The van der Waals surface area contributed by atoms with Crippen LogP contribution in [-0.4, -0.2) is 56.2 Å². The highest BCUT2D eigenvalue weighted by atomic mass is 16.5. The van der Waals surface area contributed by atoms with Crippen LogP contribution in [0.1, 0.15) is 31.7 Å². The molecule has 2 aliphatic rings. The second kappa shape index (κ2) is 9.25. The molecule has 4 heteroatoms. The molecular weight excluding hydrogens is 312 g/mol. The number of benzene rings is 1. The Bertz CT molecular complexity index is 565. The third kappa shape index (κ3) is 5.23. The van der Waals surface area contributed by atoms with Gasteiger partial charge < -0.3 is 14.4 Å². The zero-order valence-corrected chi connectivity index (χ0v) is 15.7. The van der Waals surface area contributed by atoms with E-state index in [0.717, 1.165) is 37.1 Å². The molecule has 0 aromatic heterocycles. The lowest BCUT2D eigenvalue weighted by Gasteiger charge is -2.36. The zero-order chi connectivity index (χ0) is 17.5. The number of ether oxygens (including phenoxy) is 2. The molecule has 0 spiro atoms. The van der Waals surface area contributed by atoms with E-state index in [0.29, 0.717) is 6.61 Å². The molecule has 1 fully saturated rings. The first-order valence-corrected chi connectivity index (χ1v) is 9.68. The molecule has 25 heavy (non-hydrogen) atoms. The van der Waals surface area contributed by atoms with Crippen molar-refractivity contribution < 1.29 is 9.47 Å². The smallest absolute Gasteiger partial charge is 0.161 e. The SMILES string of the molecule is CCOc1cc(CN2CCN(C[C@@H]3CC=CCC3)CC2)ccc1OC. The fourth-order valence-corrected chi connectivity index (χ4v) is 3.86. The van der Waals surface area contributed by atoms with Crippen molar-refractivity contribution in [3.05, 3.63) is 35.9 Å². The lowest BCUT2D eigenvalue weighted by molar-refractivity contribution is 0.111. The Morgan fingerprint density at radius 2 is 1.84 bits per heavy atom. The topological polar surface area (TPSA) is 24.9 Å².